The minimum atomic E-state index is -3.45. The van der Waals surface area contributed by atoms with Gasteiger partial charge in [0.1, 0.15) is 0 Å². The van der Waals surface area contributed by atoms with Crippen molar-refractivity contribution < 1.29 is 13.2 Å². The molecule has 0 unspecified atom stereocenters. The molecule has 1 heterocycles. The highest BCUT2D eigenvalue weighted by Crippen LogP contribution is 2.19. The number of hydrogen-bond acceptors (Lipinski definition) is 4. The second kappa shape index (κ2) is 8.86. The standard InChI is InChI=1S/C21H27N3O3S/c1-2-3-17-6-10-20(11-7-17)28(26,27)24-14-12-23(13-15-24)16-18-4-8-19(9-5-18)21(22)25/h4-11H,2-3,12-16H2,1H3,(H2,22,25). The van der Waals surface area contributed by atoms with Crippen molar-refractivity contribution in [3.8, 4) is 0 Å². The van der Waals surface area contributed by atoms with Gasteiger partial charge in [-0.05, 0) is 41.8 Å². The minimum absolute atomic E-state index is 0.364. The topological polar surface area (TPSA) is 83.7 Å². The molecule has 2 aromatic carbocycles. The van der Waals surface area contributed by atoms with Gasteiger partial charge < -0.3 is 5.73 Å². The summed E-state index contributed by atoms with van der Waals surface area (Å²) in [6.07, 6.45) is 2.00. The SMILES string of the molecule is CCCc1ccc(S(=O)(=O)N2CCN(Cc3ccc(C(N)=O)cc3)CC2)cc1. The molecule has 2 N–H and O–H groups in total. The monoisotopic (exact) mass is 401 g/mol. The molecule has 0 spiro atoms. The number of piperazine rings is 1. The van der Waals surface area contributed by atoms with E-state index < -0.39 is 15.9 Å². The lowest BCUT2D eigenvalue weighted by Crippen LogP contribution is -2.48. The summed E-state index contributed by atoms with van der Waals surface area (Å²) in [6.45, 7) is 5.11. The van der Waals surface area contributed by atoms with Crippen LogP contribution >= 0.6 is 0 Å². The van der Waals surface area contributed by atoms with Gasteiger partial charge in [0.2, 0.25) is 15.9 Å². The number of amides is 1. The molecule has 0 saturated carbocycles. The Hall–Kier alpha value is -2.22. The Balaban J connectivity index is 1.58. The van der Waals surface area contributed by atoms with Gasteiger partial charge in [-0.25, -0.2) is 8.42 Å². The van der Waals surface area contributed by atoms with E-state index >= 15 is 0 Å². The summed E-state index contributed by atoms with van der Waals surface area (Å²) in [5.74, 6) is -0.437. The Kier molecular flexibility index (Phi) is 6.49. The Labute approximate surface area is 167 Å². The fraction of sp³-hybridized carbons (Fsp3) is 0.381. The van der Waals surface area contributed by atoms with E-state index in [1.807, 2.05) is 24.3 Å². The maximum absolute atomic E-state index is 12.9. The lowest BCUT2D eigenvalue weighted by Gasteiger charge is -2.34. The molecule has 7 heteroatoms. The molecule has 1 aliphatic heterocycles. The van der Waals surface area contributed by atoms with Crippen LogP contribution in [0.25, 0.3) is 0 Å². The van der Waals surface area contributed by atoms with Crippen LogP contribution < -0.4 is 5.73 Å². The fourth-order valence-electron chi connectivity index (χ4n) is 3.43. The van der Waals surface area contributed by atoms with Crippen molar-refractivity contribution in [3.63, 3.8) is 0 Å². The Morgan fingerprint density at radius 2 is 1.50 bits per heavy atom. The van der Waals surface area contributed by atoms with Crippen LogP contribution in [0.5, 0.6) is 0 Å². The summed E-state index contributed by atoms with van der Waals surface area (Å²) in [5.41, 5.74) is 7.99. The molecule has 1 aliphatic rings. The number of nitrogens with zero attached hydrogens (tertiary/aromatic N) is 2. The van der Waals surface area contributed by atoms with Crippen LogP contribution in [-0.2, 0) is 23.0 Å². The molecule has 0 radical (unpaired) electrons. The van der Waals surface area contributed by atoms with Gasteiger partial charge in [0.15, 0.2) is 0 Å². The van der Waals surface area contributed by atoms with Crippen LogP contribution in [0.3, 0.4) is 0 Å². The van der Waals surface area contributed by atoms with Crippen molar-refractivity contribution in [3.05, 3.63) is 65.2 Å². The first-order valence-corrected chi connectivity index (χ1v) is 11.0. The number of carbonyl (C=O) groups excluding carboxylic acids is 1. The van der Waals surface area contributed by atoms with Crippen molar-refractivity contribution in [1.82, 2.24) is 9.21 Å². The number of hydrogen-bond donors (Lipinski definition) is 1. The number of sulfonamides is 1. The van der Waals surface area contributed by atoms with Gasteiger partial charge in [-0.2, -0.15) is 4.31 Å². The summed E-state index contributed by atoms with van der Waals surface area (Å²) in [7, 11) is -3.45. The van der Waals surface area contributed by atoms with E-state index in [9.17, 15) is 13.2 Å². The number of carbonyl (C=O) groups is 1. The molecule has 1 saturated heterocycles. The van der Waals surface area contributed by atoms with Crippen LogP contribution in [0.2, 0.25) is 0 Å². The maximum Gasteiger partial charge on any atom is 0.248 e. The van der Waals surface area contributed by atoms with Gasteiger partial charge in [0.25, 0.3) is 0 Å². The van der Waals surface area contributed by atoms with Crippen molar-refractivity contribution in [1.29, 1.82) is 0 Å². The van der Waals surface area contributed by atoms with Crippen LogP contribution in [0.1, 0.15) is 34.8 Å². The lowest BCUT2D eigenvalue weighted by molar-refractivity contribution is 0.1000. The fourth-order valence-corrected chi connectivity index (χ4v) is 4.85. The van der Waals surface area contributed by atoms with Crippen molar-refractivity contribution in [2.24, 2.45) is 5.73 Å². The Morgan fingerprint density at radius 3 is 2.04 bits per heavy atom. The molecule has 1 amide bonds. The average molecular weight is 402 g/mol. The lowest BCUT2D eigenvalue weighted by atomic mass is 10.1. The van der Waals surface area contributed by atoms with Gasteiger partial charge in [-0.1, -0.05) is 37.6 Å². The van der Waals surface area contributed by atoms with Crippen LogP contribution in [0.4, 0.5) is 0 Å². The molecular formula is C21H27N3O3S. The highest BCUT2D eigenvalue weighted by Gasteiger charge is 2.28. The molecule has 2 aromatic rings. The molecule has 0 atom stereocenters. The van der Waals surface area contributed by atoms with Gasteiger partial charge in [-0.15, -0.1) is 0 Å². The zero-order chi connectivity index (χ0) is 20.1. The van der Waals surface area contributed by atoms with Crippen molar-refractivity contribution >= 4 is 15.9 Å². The summed E-state index contributed by atoms with van der Waals surface area (Å²) in [6, 6.07) is 14.5. The molecule has 0 aliphatic carbocycles. The number of rotatable bonds is 7. The molecule has 6 nitrogen and oxygen atoms in total. The molecule has 150 valence electrons. The van der Waals surface area contributed by atoms with Gasteiger partial charge >= 0.3 is 0 Å². The summed E-state index contributed by atoms with van der Waals surface area (Å²) in [5, 5.41) is 0. The third-order valence-electron chi connectivity index (χ3n) is 5.08. The van der Waals surface area contributed by atoms with E-state index in [1.54, 1.807) is 28.6 Å². The molecule has 0 aromatic heterocycles. The predicted octanol–water partition coefficient (Wildman–Crippen LogP) is 2.24. The largest absolute Gasteiger partial charge is 0.366 e. The minimum Gasteiger partial charge on any atom is -0.366 e. The molecule has 1 fully saturated rings. The summed E-state index contributed by atoms with van der Waals surface area (Å²) in [4.78, 5) is 13.7. The van der Waals surface area contributed by atoms with E-state index in [0.29, 0.717) is 36.6 Å². The van der Waals surface area contributed by atoms with Crippen LogP contribution in [-0.4, -0.2) is 49.7 Å². The van der Waals surface area contributed by atoms with E-state index in [2.05, 4.69) is 11.8 Å². The summed E-state index contributed by atoms with van der Waals surface area (Å²) >= 11 is 0. The number of nitrogens with two attached hydrogens (primary N) is 1. The maximum atomic E-state index is 12.9. The third kappa shape index (κ3) is 4.79. The highest BCUT2D eigenvalue weighted by atomic mass is 32.2. The normalized spacial score (nSPS) is 16.2. The first kappa shape index (κ1) is 20.5. The average Bonchev–Trinajstić information content (AvgIpc) is 2.69. The highest BCUT2D eigenvalue weighted by molar-refractivity contribution is 7.89. The van der Waals surface area contributed by atoms with Gasteiger partial charge in [0, 0.05) is 38.3 Å². The number of primary amides is 1. The first-order valence-electron chi connectivity index (χ1n) is 9.60. The molecular weight excluding hydrogens is 374 g/mol. The second-order valence-corrected chi connectivity index (χ2v) is 9.07. The predicted molar refractivity (Wildman–Crippen MR) is 109 cm³/mol. The zero-order valence-corrected chi connectivity index (χ0v) is 17.0. The van der Waals surface area contributed by atoms with Crippen molar-refractivity contribution in [2.45, 2.75) is 31.2 Å². The van der Waals surface area contributed by atoms with Crippen molar-refractivity contribution in [2.75, 3.05) is 26.2 Å². The summed E-state index contributed by atoms with van der Waals surface area (Å²) < 4.78 is 27.3. The zero-order valence-electron chi connectivity index (χ0n) is 16.2. The van der Waals surface area contributed by atoms with E-state index in [-0.39, 0.29) is 0 Å². The van der Waals surface area contributed by atoms with E-state index in [1.165, 1.54) is 0 Å². The van der Waals surface area contributed by atoms with E-state index in [0.717, 1.165) is 30.5 Å². The third-order valence-corrected chi connectivity index (χ3v) is 6.99. The Bertz CT molecular complexity index is 901. The second-order valence-electron chi connectivity index (χ2n) is 7.14. The number of aryl methyl sites for hydroxylation is 1. The molecule has 3 rings (SSSR count). The quantitative estimate of drug-likeness (QED) is 0.771. The molecule has 28 heavy (non-hydrogen) atoms. The smallest absolute Gasteiger partial charge is 0.248 e. The molecule has 0 bridgehead atoms. The number of benzene rings is 2. The Morgan fingerprint density at radius 1 is 0.929 bits per heavy atom. The first-order chi connectivity index (χ1) is 13.4. The van der Waals surface area contributed by atoms with Gasteiger partial charge in [-0.3, -0.25) is 9.69 Å². The van der Waals surface area contributed by atoms with Crippen LogP contribution in [0.15, 0.2) is 53.4 Å². The van der Waals surface area contributed by atoms with E-state index in [4.69, 9.17) is 5.73 Å². The van der Waals surface area contributed by atoms with Gasteiger partial charge in [0.05, 0.1) is 4.90 Å². The van der Waals surface area contributed by atoms with Crippen LogP contribution in [0, 0.1) is 0 Å².